The Kier molecular flexibility index (Phi) is 2.67. The first-order valence-electron chi connectivity index (χ1n) is 6.18. The Morgan fingerprint density at radius 2 is 1.67 bits per heavy atom. The van der Waals surface area contributed by atoms with Crippen LogP contribution < -0.4 is 0 Å². The highest BCUT2D eigenvalue weighted by atomic mass is 19.1. The molecule has 1 aliphatic carbocycles. The van der Waals surface area contributed by atoms with Gasteiger partial charge in [-0.2, -0.15) is 0 Å². The second kappa shape index (κ2) is 4.21. The van der Waals surface area contributed by atoms with Crippen molar-refractivity contribution in [1.82, 2.24) is 0 Å². The quantitative estimate of drug-likeness (QED) is 0.858. The summed E-state index contributed by atoms with van der Waals surface area (Å²) in [7, 11) is 0. The van der Waals surface area contributed by atoms with Crippen molar-refractivity contribution < 1.29 is 9.50 Å². The number of aliphatic hydroxyl groups is 1. The molecule has 1 nitrogen and oxygen atoms in total. The minimum atomic E-state index is -0.766. The normalized spacial score (nSPS) is 16.6. The van der Waals surface area contributed by atoms with Gasteiger partial charge in [0.15, 0.2) is 0 Å². The van der Waals surface area contributed by atoms with Crippen LogP contribution in [0.25, 0.3) is 0 Å². The lowest BCUT2D eigenvalue weighted by atomic mass is 9.91. The summed E-state index contributed by atoms with van der Waals surface area (Å²) in [5.74, 6) is -0.244. The van der Waals surface area contributed by atoms with E-state index in [4.69, 9.17) is 0 Å². The van der Waals surface area contributed by atoms with Crippen LogP contribution in [0.5, 0.6) is 0 Å². The Balaban J connectivity index is 1.83. The maximum Gasteiger partial charge on any atom is 0.123 e. The molecule has 2 aromatic carbocycles. The van der Waals surface area contributed by atoms with Crippen molar-refractivity contribution in [1.29, 1.82) is 0 Å². The van der Waals surface area contributed by atoms with E-state index in [-0.39, 0.29) is 5.82 Å². The lowest BCUT2D eigenvalue weighted by Crippen LogP contribution is -2.32. The van der Waals surface area contributed by atoms with Crippen LogP contribution in [0.4, 0.5) is 4.39 Å². The Hall–Kier alpha value is -1.67. The van der Waals surface area contributed by atoms with Gasteiger partial charge in [0.1, 0.15) is 5.82 Å². The smallest absolute Gasteiger partial charge is 0.123 e. The zero-order chi connectivity index (χ0) is 12.6. The molecule has 0 aliphatic heterocycles. The van der Waals surface area contributed by atoms with Gasteiger partial charge in [-0.1, -0.05) is 36.4 Å². The van der Waals surface area contributed by atoms with E-state index in [9.17, 15) is 9.50 Å². The van der Waals surface area contributed by atoms with Crippen LogP contribution in [0.2, 0.25) is 0 Å². The van der Waals surface area contributed by atoms with Gasteiger partial charge in [-0.15, -0.1) is 0 Å². The topological polar surface area (TPSA) is 20.2 Å². The van der Waals surface area contributed by atoms with Gasteiger partial charge in [0.05, 0.1) is 5.60 Å². The number of hydrogen-bond donors (Lipinski definition) is 1. The first-order chi connectivity index (χ1) is 8.65. The molecule has 0 atom stereocenters. The number of hydrogen-bond acceptors (Lipinski definition) is 1. The lowest BCUT2D eigenvalue weighted by molar-refractivity contribution is 0.0517. The summed E-state index contributed by atoms with van der Waals surface area (Å²) in [6.07, 6.45) is 1.80. The van der Waals surface area contributed by atoms with E-state index < -0.39 is 5.60 Å². The third-order valence-electron chi connectivity index (χ3n) is 3.58. The highest BCUT2D eigenvalue weighted by molar-refractivity contribution is 5.36. The molecule has 0 unspecified atom stereocenters. The molecule has 0 aromatic heterocycles. The summed E-state index contributed by atoms with van der Waals surface area (Å²) >= 11 is 0. The van der Waals surface area contributed by atoms with E-state index in [1.54, 1.807) is 6.07 Å². The fourth-order valence-corrected chi connectivity index (χ4v) is 2.83. The predicted octanol–water partition coefficient (Wildman–Crippen LogP) is 2.90. The zero-order valence-electron chi connectivity index (χ0n) is 10.1. The van der Waals surface area contributed by atoms with Gasteiger partial charge in [0.25, 0.3) is 0 Å². The van der Waals surface area contributed by atoms with Gasteiger partial charge in [-0.25, -0.2) is 4.39 Å². The molecule has 0 saturated heterocycles. The molecule has 0 radical (unpaired) electrons. The maximum absolute atomic E-state index is 13.1. The van der Waals surface area contributed by atoms with Crippen LogP contribution in [0.15, 0.2) is 48.5 Å². The zero-order valence-corrected chi connectivity index (χ0v) is 10.1. The summed E-state index contributed by atoms with van der Waals surface area (Å²) < 4.78 is 13.1. The molecule has 2 aromatic rings. The number of benzene rings is 2. The standard InChI is InChI=1S/C16H15FO/c17-15-7-3-4-12(8-15)9-16(18)10-13-5-1-2-6-14(13)11-16/h1-8,18H,9-11H2. The van der Waals surface area contributed by atoms with Crippen molar-refractivity contribution in [3.05, 3.63) is 71.0 Å². The molecular formula is C16H15FO. The molecule has 0 heterocycles. The molecule has 0 bridgehead atoms. The molecule has 1 N–H and O–H groups in total. The molecule has 0 saturated carbocycles. The molecule has 0 amide bonds. The van der Waals surface area contributed by atoms with Crippen molar-refractivity contribution >= 4 is 0 Å². The van der Waals surface area contributed by atoms with Crippen LogP contribution in [0.1, 0.15) is 16.7 Å². The number of fused-ring (bicyclic) bond motifs is 1. The maximum atomic E-state index is 13.1. The molecule has 18 heavy (non-hydrogen) atoms. The van der Waals surface area contributed by atoms with Crippen LogP contribution in [-0.4, -0.2) is 10.7 Å². The Bertz CT molecular complexity index is 552. The van der Waals surface area contributed by atoms with Crippen LogP contribution >= 0.6 is 0 Å². The van der Waals surface area contributed by atoms with Crippen molar-refractivity contribution in [3.63, 3.8) is 0 Å². The van der Waals surface area contributed by atoms with Crippen LogP contribution in [0.3, 0.4) is 0 Å². The van der Waals surface area contributed by atoms with E-state index in [1.807, 2.05) is 18.2 Å². The second-order valence-electron chi connectivity index (χ2n) is 5.15. The molecule has 2 heteroatoms. The monoisotopic (exact) mass is 242 g/mol. The van der Waals surface area contributed by atoms with Crippen LogP contribution in [0, 0.1) is 5.82 Å². The first kappa shape index (κ1) is 11.4. The van der Waals surface area contributed by atoms with E-state index in [0.717, 1.165) is 5.56 Å². The van der Waals surface area contributed by atoms with Crippen molar-refractivity contribution in [2.75, 3.05) is 0 Å². The van der Waals surface area contributed by atoms with E-state index in [0.29, 0.717) is 19.3 Å². The molecule has 0 spiro atoms. The van der Waals surface area contributed by atoms with Crippen molar-refractivity contribution in [3.8, 4) is 0 Å². The van der Waals surface area contributed by atoms with Gasteiger partial charge in [0.2, 0.25) is 0 Å². The van der Waals surface area contributed by atoms with Gasteiger partial charge < -0.3 is 5.11 Å². The fourth-order valence-electron chi connectivity index (χ4n) is 2.83. The Labute approximate surface area is 106 Å². The van der Waals surface area contributed by atoms with Crippen LogP contribution in [-0.2, 0) is 19.3 Å². The Morgan fingerprint density at radius 1 is 1.00 bits per heavy atom. The van der Waals surface area contributed by atoms with Crippen molar-refractivity contribution in [2.24, 2.45) is 0 Å². The minimum Gasteiger partial charge on any atom is -0.389 e. The van der Waals surface area contributed by atoms with E-state index in [1.165, 1.54) is 23.3 Å². The summed E-state index contributed by atoms with van der Waals surface area (Å²) in [5.41, 5.74) is 2.50. The highest BCUT2D eigenvalue weighted by Crippen LogP contribution is 2.32. The van der Waals surface area contributed by atoms with Gasteiger partial charge in [-0.05, 0) is 28.8 Å². The second-order valence-corrected chi connectivity index (χ2v) is 5.15. The summed E-state index contributed by atoms with van der Waals surface area (Å²) in [4.78, 5) is 0. The predicted molar refractivity (Wildman–Crippen MR) is 68.9 cm³/mol. The van der Waals surface area contributed by atoms with Gasteiger partial charge >= 0.3 is 0 Å². The summed E-state index contributed by atoms with van der Waals surface area (Å²) in [5, 5.41) is 10.6. The fraction of sp³-hybridized carbons (Fsp3) is 0.250. The first-order valence-corrected chi connectivity index (χ1v) is 6.18. The highest BCUT2D eigenvalue weighted by Gasteiger charge is 2.34. The van der Waals surface area contributed by atoms with Gasteiger partial charge in [-0.3, -0.25) is 0 Å². The minimum absolute atomic E-state index is 0.244. The van der Waals surface area contributed by atoms with Crippen molar-refractivity contribution in [2.45, 2.75) is 24.9 Å². The summed E-state index contributed by atoms with van der Waals surface area (Å²) in [6.45, 7) is 0. The molecule has 0 fully saturated rings. The largest absolute Gasteiger partial charge is 0.389 e. The summed E-state index contributed by atoms with van der Waals surface area (Å²) in [6, 6.07) is 14.6. The molecular weight excluding hydrogens is 227 g/mol. The lowest BCUT2D eigenvalue weighted by Gasteiger charge is -2.22. The number of halogens is 1. The molecule has 92 valence electrons. The third kappa shape index (κ3) is 2.16. The van der Waals surface area contributed by atoms with E-state index in [2.05, 4.69) is 12.1 Å². The molecule has 1 aliphatic rings. The molecule has 3 rings (SSSR count). The average Bonchev–Trinajstić information content (AvgIpc) is 2.64. The van der Waals surface area contributed by atoms with Gasteiger partial charge in [0, 0.05) is 19.3 Å². The average molecular weight is 242 g/mol. The van der Waals surface area contributed by atoms with E-state index >= 15 is 0 Å². The third-order valence-corrected chi connectivity index (χ3v) is 3.58. The number of rotatable bonds is 2. The SMILES string of the molecule is OC1(Cc2cccc(F)c2)Cc2ccccc2C1. The Morgan fingerprint density at radius 3 is 2.28 bits per heavy atom.